The Morgan fingerprint density at radius 1 is 0.909 bits per heavy atom. The van der Waals surface area contributed by atoms with Crippen molar-refractivity contribution in [1.82, 2.24) is 4.68 Å². The quantitative estimate of drug-likeness (QED) is 0.230. The Kier molecular flexibility index (Phi) is 4.92. The van der Waals surface area contributed by atoms with E-state index in [2.05, 4.69) is 5.10 Å². The molecule has 0 atom stereocenters. The van der Waals surface area contributed by atoms with Crippen LogP contribution in [0.25, 0.3) is 33.0 Å². The highest BCUT2D eigenvalue weighted by Gasteiger charge is 2.16. The molecule has 0 fully saturated rings. The van der Waals surface area contributed by atoms with Crippen LogP contribution in [0.3, 0.4) is 0 Å². The van der Waals surface area contributed by atoms with E-state index in [-0.39, 0.29) is 16.8 Å². The molecule has 2 heterocycles. The van der Waals surface area contributed by atoms with E-state index in [0.29, 0.717) is 11.3 Å². The third kappa shape index (κ3) is 3.52. The van der Waals surface area contributed by atoms with Crippen molar-refractivity contribution < 1.29 is 4.42 Å². The summed E-state index contributed by atoms with van der Waals surface area (Å²) in [5, 5.41) is 16.5. The zero-order chi connectivity index (χ0) is 22.9. The lowest BCUT2D eigenvalue weighted by Crippen LogP contribution is -2.23. The van der Waals surface area contributed by atoms with Crippen molar-refractivity contribution in [2.45, 2.75) is 6.92 Å². The maximum atomic E-state index is 13.0. The van der Waals surface area contributed by atoms with Crippen LogP contribution in [-0.2, 0) is 0 Å². The number of benzene rings is 3. The summed E-state index contributed by atoms with van der Waals surface area (Å²) in [4.78, 5) is 26.0. The molecule has 0 amide bonds. The summed E-state index contributed by atoms with van der Waals surface area (Å²) in [5.41, 5.74) is 0.987. The fourth-order valence-electron chi connectivity index (χ4n) is 3.85. The van der Waals surface area contributed by atoms with Crippen molar-refractivity contribution in [2.75, 3.05) is 0 Å². The molecule has 0 unspecified atom stereocenters. The molecule has 6 nitrogen and oxygen atoms in total. The van der Waals surface area contributed by atoms with Crippen LogP contribution in [0.2, 0.25) is 0 Å². The second-order valence-corrected chi connectivity index (χ2v) is 7.56. The third-order valence-electron chi connectivity index (χ3n) is 5.54. The van der Waals surface area contributed by atoms with Gasteiger partial charge in [0.25, 0.3) is 5.56 Å². The van der Waals surface area contributed by atoms with Crippen molar-refractivity contribution in [2.24, 2.45) is 5.10 Å². The molecule has 0 aliphatic carbocycles. The van der Waals surface area contributed by atoms with Crippen LogP contribution >= 0.6 is 0 Å². The van der Waals surface area contributed by atoms with Crippen LogP contribution in [0.1, 0.15) is 18.1 Å². The minimum Gasteiger partial charge on any atom is -0.422 e. The van der Waals surface area contributed by atoms with Gasteiger partial charge in [-0.25, -0.2) is 4.79 Å². The fraction of sp³-hybridized carbons (Fsp3) is 0.0370. The summed E-state index contributed by atoms with van der Waals surface area (Å²) < 4.78 is 6.71. The second kappa shape index (κ2) is 8.06. The molecule has 5 rings (SSSR count). The van der Waals surface area contributed by atoms with Gasteiger partial charge in [-0.15, -0.1) is 0 Å². The number of aromatic nitrogens is 1. The summed E-state index contributed by atoms with van der Waals surface area (Å²) in [5.74, 6) is 0. The van der Waals surface area contributed by atoms with E-state index in [1.807, 2.05) is 66.7 Å². The van der Waals surface area contributed by atoms with Gasteiger partial charge in [0.1, 0.15) is 17.2 Å². The number of nitrogens with zero attached hydrogens (tertiary/aromatic N) is 3. The van der Waals surface area contributed by atoms with Gasteiger partial charge in [0.05, 0.1) is 17.0 Å². The van der Waals surface area contributed by atoms with Gasteiger partial charge >= 0.3 is 5.63 Å². The molecule has 6 heteroatoms. The van der Waals surface area contributed by atoms with Crippen molar-refractivity contribution in [3.8, 4) is 17.3 Å². The van der Waals surface area contributed by atoms with E-state index >= 15 is 0 Å². The minimum atomic E-state index is -0.609. The van der Waals surface area contributed by atoms with Crippen molar-refractivity contribution in [3.63, 3.8) is 0 Å². The summed E-state index contributed by atoms with van der Waals surface area (Å²) in [6, 6.07) is 27.3. The van der Waals surface area contributed by atoms with Gasteiger partial charge in [0.15, 0.2) is 0 Å². The van der Waals surface area contributed by atoms with Gasteiger partial charge in [-0.3, -0.25) is 4.79 Å². The Hall–Kier alpha value is -4.76. The highest BCUT2D eigenvalue weighted by molar-refractivity contribution is 6.06. The van der Waals surface area contributed by atoms with Crippen LogP contribution in [-0.4, -0.2) is 10.4 Å². The summed E-state index contributed by atoms with van der Waals surface area (Å²) in [7, 11) is 0. The number of pyridine rings is 1. The van der Waals surface area contributed by atoms with Gasteiger partial charge < -0.3 is 4.42 Å². The van der Waals surface area contributed by atoms with Gasteiger partial charge in [-0.1, -0.05) is 60.7 Å². The number of rotatable bonds is 3. The van der Waals surface area contributed by atoms with E-state index in [0.717, 1.165) is 26.4 Å². The van der Waals surface area contributed by atoms with E-state index in [1.165, 1.54) is 6.07 Å². The first kappa shape index (κ1) is 20.2. The average molecular weight is 431 g/mol. The largest absolute Gasteiger partial charge is 0.422 e. The molecular weight excluding hydrogens is 414 g/mol. The second-order valence-electron chi connectivity index (χ2n) is 7.56. The standard InChI is InChI=1S/C27H17N3O3/c1-17(18-7-3-2-4-8-18)29-30-24(13-11-20(16-28)26(30)31)23-15-22-21-10-6-5-9-19(21)12-14-25(22)33-27(23)32/h2-15H,1H3. The minimum absolute atomic E-state index is 0.0704. The first-order valence-electron chi connectivity index (χ1n) is 10.3. The molecule has 3 aromatic carbocycles. The topological polar surface area (TPSA) is 88.4 Å². The maximum Gasteiger partial charge on any atom is 0.345 e. The SMILES string of the molecule is CC(=Nn1c(-c2cc3c(ccc4ccccc43)oc2=O)ccc(C#N)c1=O)c1ccccc1. The lowest BCUT2D eigenvalue weighted by atomic mass is 10.0. The van der Waals surface area contributed by atoms with Crippen LogP contribution in [0, 0.1) is 11.3 Å². The van der Waals surface area contributed by atoms with Gasteiger partial charge in [0, 0.05) is 5.39 Å². The van der Waals surface area contributed by atoms with Gasteiger partial charge in [-0.05, 0) is 47.5 Å². The zero-order valence-electron chi connectivity index (χ0n) is 17.6. The van der Waals surface area contributed by atoms with E-state index in [4.69, 9.17) is 4.42 Å². The first-order valence-corrected chi connectivity index (χ1v) is 10.3. The number of nitriles is 1. The molecule has 158 valence electrons. The summed E-state index contributed by atoms with van der Waals surface area (Å²) in [6.45, 7) is 1.76. The van der Waals surface area contributed by atoms with Crippen LogP contribution in [0.5, 0.6) is 0 Å². The lowest BCUT2D eigenvalue weighted by Gasteiger charge is -2.11. The summed E-state index contributed by atoms with van der Waals surface area (Å²) in [6.07, 6.45) is 0. The molecule has 0 aliphatic heterocycles. The zero-order valence-corrected chi connectivity index (χ0v) is 17.6. The molecule has 0 N–H and O–H groups in total. The van der Waals surface area contributed by atoms with Crippen molar-refractivity contribution in [1.29, 1.82) is 5.26 Å². The Morgan fingerprint density at radius 3 is 2.45 bits per heavy atom. The molecule has 2 aromatic heterocycles. The molecule has 33 heavy (non-hydrogen) atoms. The normalized spacial score (nSPS) is 11.6. The number of fused-ring (bicyclic) bond motifs is 3. The lowest BCUT2D eigenvalue weighted by molar-refractivity contribution is 0.562. The molecule has 5 aromatic rings. The van der Waals surface area contributed by atoms with E-state index in [9.17, 15) is 14.9 Å². The van der Waals surface area contributed by atoms with Crippen LogP contribution < -0.4 is 11.2 Å². The fourth-order valence-corrected chi connectivity index (χ4v) is 3.85. The monoisotopic (exact) mass is 431 g/mol. The number of hydrogen-bond donors (Lipinski definition) is 0. The van der Waals surface area contributed by atoms with E-state index in [1.54, 1.807) is 25.1 Å². The molecule has 0 bridgehead atoms. The predicted molar refractivity (Wildman–Crippen MR) is 128 cm³/mol. The van der Waals surface area contributed by atoms with Crippen LogP contribution in [0.15, 0.2) is 104 Å². The Bertz CT molecular complexity index is 1720. The predicted octanol–water partition coefficient (Wildman–Crippen LogP) is 4.92. The molecule has 0 spiro atoms. The Labute approximate surface area is 188 Å². The Morgan fingerprint density at radius 2 is 1.67 bits per heavy atom. The van der Waals surface area contributed by atoms with E-state index < -0.39 is 11.2 Å². The molecule has 0 radical (unpaired) electrons. The van der Waals surface area contributed by atoms with Gasteiger partial charge in [0.2, 0.25) is 0 Å². The van der Waals surface area contributed by atoms with Crippen molar-refractivity contribution in [3.05, 3.63) is 117 Å². The highest BCUT2D eigenvalue weighted by Crippen LogP contribution is 2.27. The third-order valence-corrected chi connectivity index (χ3v) is 5.54. The highest BCUT2D eigenvalue weighted by atomic mass is 16.4. The molecular formula is C27H17N3O3. The van der Waals surface area contributed by atoms with Crippen LogP contribution in [0.4, 0.5) is 0 Å². The molecule has 0 aliphatic rings. The molecule has 0 saturated heterocycles. The smallest absolute Gasteiger partial charge is 0.345 e. The molecule has 0 saturated carbocycles. The first-order chi connectivity index (χ1) is 16.1. The van der Waals surface area contributed by atoms with Crippen molar-refractivity contribution >= 4 is 27.5 Å². The Balaban J connectivity index is 1.81. The summed E-state index contributed by atoms with van der Waals surface area (Å²) >= 11 is 0. The average Bonchev–Trinajstić information content (AvgIpc) is 2.85. The van der Waals surface area contributed by atoms with Gasteiger partial charge in [-0.2, -0.15) is 15.0 Å². The number of hydrogen-bond acceptors (Lipinski definition) is 5. The maximum absolute atomic E-state index is 13.0.